The predicted molar refractivity (Wildman–Crippen MR) is 129 cm³/mol. The average molecular weight is 529 g/mol. The molecule has 0 saturated carbocycles. The Balaban J connectivity index is 1.94. The van der Waals surface area contributed by atoms with Crippen molar-refractivity contribution in [1.82, 2.24) is 4.57 Å². The molecule has 0 saturated heterocycles. The maximum atomic E-state index is 13.5. The zero-order chi connectivity index (χ0) is 23.7. The summed E-state index contributed by atoms with van der Waals surface area (Å²) in [4.78, 5) is 31.5. The van der Waals surface area contributed by atoms with E-state index >= 15 is 0 Å². The number of esters is 1. The summed E-state index contributed by atoms with van der Waals surface area (Å²) < 4.78 is 13.1. The number of halogens is 1. The average Bonchev–Trinajstić information content (AvgIpc) is 3.10. The number of phenols is 1. The van der Waals surface area contributed by atoms with E-state index in [4.69, 9.17) is 9.47 Å². The van der Waals surface area contributed by atoms with Gasteiger partial charge in [0.25, 0.3) is 5.56 Å². The molecular weight excluding hydrogens is 508 g/mol. The fourth-order valence-electron chi connectivity index (χ4n) is 3.66. The quantitative estimate of drug-likeness (QED) is 0.513. The third-order valence-electron chi connectivity index (χ3n) is 5.22. The van der Waals surface area contributed by atoms with Crippen LogP contribution in [-0.2, 0) is 9.53 Å². The number of aromatic nitrogens is 1. The molecule has 33 heavy (non-hydrogen) atoms. The number of aromatic hydroxyl groups is 1. The van der Waals surface area contributed by atoms with Crippen LogP contribution in [0.5, 0.6) is 11.5 Å². The maximum absolute atomic E-state index is 13.5. The second kappa shape index (κ2) is 9.36. The third kappa shape index (κ3) is 4.38. The Morgan fingerprint density at radius 3 is 2.64 bits per heavy atom. The molecule has 3 aromatic rings. The summed E-state index contributed by atoms with van der Waals surface area (Å²) in [5.41, 5.74) is 2.06. The first kappa shape index (κ1) is 23.0. The van der Waals surface area contributed by atoms with Crippen molar-refractivity contribution >= 4 is 39.3 Å². The van der Waals surface area contributed by atoms with Gasteiger partial charge in [0.1, 0.15) is 11.5 Å². The van der Waals surface area contributed by atoms with Gasteiger partial charge < -0.3 is 14.6 Å². The van der Waals surface area contributed by atoms with E-state index in [0.717, 1.165) is 11.1 Å². The van der Waals surface area contributed by atoms with E-state index in [1.54, 1.807) is 57.4 Å². The number of methoxy groups -OCH3 is 1. The van der Waals surface area contributed by atoms with Crippen molar-refractivity contribution in [2.45, 2.75) is 19.9 Å². The molecule has 0 amide bonds. The molecule has 1 aliphatic heterocycles. The van der Waals surface area contributed by atoms with Gasteiger partial charge in [0, 0.05) is 0 Å². The van der Waals surface area contributed by atoms with E-state index in [1.165, 1.54) is 15.9 Å². The normalized spacial score (nSPS) is 15.8. The lowest BCUT2D eigenvalue weighted by Crippen LogP contribution is -2.39. The zero-order valence-electron chi connectivity index (χ0n) is 18.2. The number of fused-ring (bicyclic) bond motifs is 1. The van der Waals surface area contributed by atoms with Crippen LogP contribution in [0.2, 0.25) is 0 Å². The summed E-state index contributed by atoms with van der Waals surface area (Å²) in [5, 5.41) is 9.75. The molecule has 1 atom stereocenters. The molecule has 0 radical (unpaired) electrons. The van der Waals surface area contributed by atoms with Crippen molar-refractivity contribution in [1.29, 1.82) is 0 Å². The van der Waals surface area contributed by atoms with E-state index in [0.29, 0.717) is 30.8 Å². The second-order valence-electron chi connectivity index (χ2n) is 7.29. The van der Waals surface area contributed by atoms with Gasteiger partial charge in [-0.3, -0.25) is 9.36 Å². The molecule has 1 N–H and O–H groups in total. The van der Waals surface area contributed by atoms with E-state index in [-0.39, 0.29) is 17.9 Å². The summed E-state index contributed by atoms with van der Waals surface area (Å²) in [6.07, 6.45) is 1.74. The van der Waals surface area contributed by atoms with Crippen LogP contribution in [0.25, 0.3) is 6.08 Å². The number of rotatable bonds is 5. The summed E-state index contributed by atoms with van der Waals surface area (Å²) >= 11 is 4.54. The highest BCUT2D eigenvalue weighted by atomic mass is 79.9. The van der Waals surface area contributed by atoms with Crippen molar-refractivity contribution in [3.63, 3.8) is 0 Å². The van der Waals surface area contributed by atoms with Crippen LogP contribution in [0.15, 0.2) is 68.0 Å². The molecular formula is C24H21BrN2O5S. The summed E-state index contributed by atoms with van der Waals surface area (Å²) in [7, 11) is 1.58. The van der Waals surface area contributed by atoms with Gasteiger partial charge in [-0.15, -0.1) is 0 Å². The Labute approximate surface area is 202 Å². The number of phenolic OH excluding ortho intramolecular Hbond substituents is 1. The van der Waals surface area contributed by atoms with Crippen molar-refractivity contribution in [3.8, 4) is 11.5 Å². The molecule has 2 heterocycles. The lowest BCUT2D eigenvalue weighted by Gasteiger charge is -2.24. The molecule has 1 aliphatic rings. The van der Waals surface area contributed by atoms with Gasteiger partial charge in [-0.1, -0.05) is 29.5 Å². The number of nitrogens with zero attached hydrogens (tertiary/aromatic N) is 2. The summed E-state index contributed by atoms with van der Waals surface area (Å²) in [6, 6.07) is 11.5. The van der Waals surface area contributed by atoms with Crippen LogP contribution in [0.1, 0.15) is 31.0 Å². The number of hydrogen-bond donors (Lipinski definition) is 1. The number of carbonyl (C=O) groups excluding carboxylic acids is 1. The van der Waals surface area contributed by atoms with Crippen LogP contribution in [0.3, 0.4) is 0 Å². The molecule has 170 valence electrons. The van der Waals surface area contributed by atoms with Gasteiger partial charge in [0.05, 0.1) is 40.0 Å². The fourth-order valence-corrected chi connectivity index (χ4v) is 5.10. The number of hydrogen-bond acceptors (Lipinski definition) is 7. The number of ether oxygens (including phenoxy) is 2. The first-order valence-electron chi connectivity index (χ1n) is 10.2. The largest absolute Gasteiger partial charge is 0.507 e. The van der Waals surface area contributed by atoms with E-state index < -0.39 is 12.0 Å². The highest BCUT2D eigenvalue weighted by Gasteiger charge is 2.33. The summed E-state index contributed by atoms with van der Waals surface area (Å²) in [6.45, 7) is 3.70. The van der Waals surface area contributed by atoms with Gasteiger partial charge >= 0.3 is 5.97 Å². The first-order valence-corrected chi connectivity index (χ1v) is 11.8. The van der Waals surface area contributed by atoms with Crippen LogP contribution in [0.4, 0.5) is 0 Å². The Bertz CT molecular complexity index is 1440. The minimum Gasteiger partial charge on any atom is -0.507 e. The smallest absolute Gasteiger partial charge is 0.338 e. The van der Waals surface area contributed by atoms with Crippen molar-refractivity contribution in [2.75, 3.05) is 13.7 Å². The maximum Gasteiger partial charge on any atom is 0.338 e. The minimum absolute atomic E-state index is 0.114. The molecule has 0 fully saturated rings. The topological polar surface area (TPSA) is 90.1 Å². The lowest BCUT2D eigenvalue weighted by atomic mass is 9.96. The fraction of sp³-hybridized carbons (Fsp3) is 0.208. The van der Waals surface area contributed by atoms with Crippen LogP contribution < -0.4 is 19.6 Å². The predicted octanol–water partition coefficient (Wildman–Crippen LogP) is 3.28. The first-order chi connectivity index (χ1) is 15.8. The van der Waals surface area contributed by atoms with Gasteiger partial charge in [-0.2, -0.15) is 0 Å². The minimum atomic E-state index is -0.681. The Morgan fingerprint density at radius 1 is 1.27 bits per heavy atom. The van der Waals surface area contributed by atoms with Crippen molar-refractivity contribution < 1.29 is 19.4 Å². The van der Waals surface area contributed by atoms with Gasteiger partial charge in [-0.25, -0.2) is 9.79 Å². The zero-order valence-corrected chi connectivity index (χ0v) is 20.6. The number of carbonyl (C=O) groups is 1. The Kier molecular flexibility index (Phi) is 6.53. The summed E-state index contributed by atoms with van der Waals surface area (Å²) in [5.74, 6) is 0.279. The highest BCUT2D eigenvalue weighted by molar-refractivity contribution is 9.10. The number of allylic oxidation sites excluding steroid dienone is 1. The number of thiazole rings is 1. The van der Waals surface area contributed by atoms with Gasteiger partial charge in [0.2, 0.25) is 0 Å². The van der Waals surface area contributed by atoms with Crippen molar-refractivity contribution in [3.05, 3.63) is 89.0 Å². The Morgan fingerprint density at radius 2 is 2.00 bits per heavy atom. The molecule has 0 unspecified atom stereocenters. The number of benzene rings is 2. The molecule has 0 aliphatic carbocycles. The molecule has 7 nitrogen and oxygen atoms in total. The highest BCUT2D eigenvalue weighted by Crippen LogP contribution is 2.31. The van der Waals surface area contributed by atoms with Crippen molar-refractivity contribution in [2.24, 2.45) is 4.99 Å². The third-order valence-corrected chi connectivity index (χ3v) is 6.84. The monoisotopic (exact) mass is 528 g/mol. The standard InChI is InChI=1S/C24H21BrN2O5S/c1-4-32-23(30)20-13(2)26-24-27(21(20)15-6-8-16(31-3)9-7-15)22(29)19(33-24)12-14-5-10-18(28)17(25)11-14/h5-12,21,28H,4H2,1-3H3/t21-/m0/s1. The Hall–Kier alpha value is -3.17. The van der Waals surface area contributed by atoms with Gasteiger partial charge in [0.15, 0.2) is 4.80 Å². The van der Waals surface area contributed by atoms with Gasteiger partial charge in [-0.05, 0) is 71.2 Å². The van der Waals surface area contributed by atoms with Crippen LogP contribution in [0, 0.1) is 0 Å². The molecule has 0 bridgehead atoms. The van der Waals surface area contributed by atoms with E-state index in [1.807, 2.05) is 12.1 Å². The molecule has 2 aromatic carbocycles. The van der Waals surface area contributed by atoms with Crippen LogP contribution >= 0.6 is 27.3 Å². The molecule has 4 rings (SSSR count). The molecule has 0 spiro atoms. The molecule has 9 heteroatoms. The lowest BCUT2D eigenvalue weighted by molar-refractivity contribution is -0.139. The second-order valence-corrected chi connectivity index (χ2v) is 9.15. The molecule has 1 aromatic heterocycles. The van der Waals surface area contributed by atoms with Crippen LogP contribution in [-0.4, -0.2) is 29.4 Å². The van der Waals surface area contributed by atoms with E-state index in [9.17, 15) is 14.7 Å². The van der Waals surface area contributed by atoms with E-state index in [2.05, 4.69) is 20.9 Å². The SMILES string of the molecule is CCOC(=O)C1=C(C)N=c2sc(=Cc3ccc(O)c(Br)c3)c(=O)n2[C@H]1c1ccc(OC)cc1.